The van der Waals surface area contributed by atoms with Gasteiger partial charge in [0.15, 0.2) is 0 Å². The van der Waals surface area contributed by atoms with Crippen LogP contribution in [0.1, 0.15) is 46.0 Å². The van der Waals surface area contributed by atoms with Crippen molar-refractivity contribution >= 4 is 5.91 Å². The Hall–Kier alpha value is -0.870. The Morgan fingerprint density at radius 3 is 3.10 bits per heavy atom. The van der Waals surface area contributed by atoms with Crippen LogP contribution in [0.25, 0.3) is 0 Å². The minimum absolute atomic E-state index is 0.0567. The number of hydrogen-bond donors (Lipinski definition) is 2. The van der Waals surface area contributed by atoms with Gasteiger partial charge >= 0.3 is 0 Å². The van der Waals surface area contributed by atoms with Gasteiger partial charge in [-0.15, -0.1) is 0 Å². The molecule has 2 fully saturated rings. The molecule has 2 atom stereocenters. The van der Waals surface area contributed by atoms with Gasteiger partial charge in [0.05, 0.1) is 11.5 Å². The SMILES string of the molecule is CC/C(C)=C/CCN1CC[C@@H](O)[C@@]2(CCCNC2=O)C1. The fraction of sp³-hybridized carbons (Fsp3) is 0.812. The van der Waals surface area contributed by atoms with Crippen molar-refractivity contribution in [3.05, 3.63) is 11.6 Å². The van der Waals surface area contributed by atoms with E-state index in [1.807, 2.05) is 0 Å². The van der Waals surface area contributed by atoms with Gasteiger partial charge in [-0.05, 0) is 39.0 Å². The second-order valence-electron chi connectivity index (χ2n) is 6.29. The third-order valence-corrected chi connectivity index (χ3v) is 4.90. The molecular weight excluding hydrogens is 252 g/mol. The van der Waals surface area contributed by atoms with E-state index >= 15 is 0 Å². The zero-order valence-corrected chi connectivity index (χ0v) is 12.8. The molecule has 2 heterocycles. The molecule has 20 heavy (non-hydrogen) atoms. The summed E-state index contributed by atoms with van der Waals surface area (Å²) in [6.07, 6.45) is 6.46. The van der Waals surface area contributed by atoms with Crippen molar-refractivity contribution in [1.82, 2.24) is 10.2 Å². The normalized spacial score (nSPS) is 32.5. The van der Waals surface area contributed by atoms with E-state index in [9.17, 15) is 9.90 Å². The van der Waals surface area contributed by atoms with Crippen LogP contribution < -0.4 is 5.32 Å². The van der Waals surface area contributed by atoms with Gasteiger partial charge in [0.1, 0.15) is 0 Å². The minimum Gasteiger partial charge on any atom is -0.392 e. The number of aliphatic hydroxyl groups excluding tert-OH is 1. The van der Waals surface area contributed by atoms with Crippen molar-refractivity contribution in [2.45, 2.75) is 52.1 Å². The van der Waals surface area contributed by atoms with Crippen molar-refractivity contribution in [2.24, 2.45) is 5.41 Å². The van der Waals surface area contributed by atoms with Crippen molar-refractivity contribution in [3.8, 4) is 0 Å². The first kappa shape index (κ1) is 15.5. The van der Waals surface area contributed by atoms with Gasteiger partial charge in [0.25, 0.3) is 0 Å². The fourth-order valence-corrected chi connectivity index (χ4v) is 3.36. The highest BCUT2D eigenvalue weighted by Crippen LogP contribution is 2.37. The molecule has 0 aromatic rings. The minimum atomic E-state index is -0.556. The maximum Gasteiger partial charge on any atom is 0.230 e. The van der Waals surface area contributed by atoms with Crippen molar-refractivity contribution < 1.29 is 9.90 Å². The molecule has 2 rings (SSSR count). The van der Waals surface area contributed by atoms with Gasteiger partial charge in [-0.25, -0.2) is 0 Å². The highest BCUT2D eigenvalue weighted by molar-refractivity contribution is 5.84. The molecule has 0 aromatic heterocycles. The summed E-state index contributed by atoms with van der Waals surface area (Å²) in [6.45, 7) is 7.68. The summed E-state index contributed by atoms with van der Waals surface area (Å²) < 4.78 is 0. The first-order chi connectivity index (χ1) is 9.58. The van der Waals surface area contributed by atoms with Gasteiger partial charge in [-0.1, -0.05) is 18.6 Å². The number of carbonyl (C=O) groups excluding carboxylic acids is 1. The largest absolute Gasteiger partial charge is 0.392 e. The third kappa shape index (κ3) is 3.23. The summed E-state index contributed by atoms with van der Waals surface area (Å²) in [7, 11) is 0. The first-order valence-electron chi connectivity index (χ1n) is 7.93. The van der Waals surface area contributed by atoms with E-state index < -0.39 is 11.5 Å². The second kappa shape index (κ2) is 6.72. The van der Waals surface area contributed by atoms with Gasteiger partial charge < -0.3 is 15.3 Å². The summed E-state index contributed by atoms with van der Waals surface area (Å²) in [4.78, 5) is 14.6. The summed E-state index contributed by atoms with van der Waals surface area (Å²) in [6, 6.07) is 0. The lowest BCUT2D eigenvalue weighted by molar-refractivity contribution is -0.148. The zero-order chi connectivity index (χ0) is 14.6. The number of allylic oxidation sites excluding steroid dienone is 1. The Balaban J connectivity index is 1.95. The van der Waals surface area contributed by atoms with Crippen LogP contribution in [0, 0.1) is 5.41 Å². The van der Waals surface area contributed by atoms with E-state index in [-0.39, 0.29) is 5.91 Å². The van der Waals surface area contributed by atoms with E-state index in [1.165, 1.54) is 5.57 Å². The number of aliphatic hydroxyl groups is 1. The summed E-state index contributed by atoms with van der Waals surface area (Å²) in [5.41, 5.74) is 0.868. The predicted octanol–water partition coefficient (Wildman–Crippen LogP) is 1.70. The van der Waals surface area contributed by atoms with Gasteiger partial charge in [-0.2, -0.15) is 0 Å². The second-order valence-corrected chi connectivity index (χ2v) is 6.29. The lowest BCUT2D eigenvalue weighted by Gasteiger charge is -2.46. The van der Waals surface area contributed by atoms with Gasteiger partial charge in [-0.3, -0.25) is 4.79 Å². The summed E-state index contributed by atoms with van der Waals surface area (Å²) in [5, 5.41) is 13.3. The van der Waals surface area contributed by atoms with Crippen LogP contribution in [0.3, 0.4) is 0 Å². The van der Waals surface area contributed by atoms with Crippen LogP contribution in [0.15, 0.2) is 11.6 Å². The lowest BCUT2D eigenvalue weighted by atomic mass is 9.71. The van der Waals surface area contributed by atoms with Crippen LogP contribution in [0.4, 0.5) is 0 Å². The number of nitrogens with zero attached hydrogens (tertiary/aromatic N) is 1. The molecule has 0 unspecified atom stereocenters. The Morgan fingerprint density at radius 1 is 1.60 bits per heavy atom. The smallest absolute Gasteiger partial charge is 0.230 e. The fourth-order valence-electron chi connectivity index (χ4n) is 3.36. The molecule has 0 saturated carbocycles. The summed E-state index contributed by atoms with van der Waals surface area (Å²) in [5.74, 6) is 0.0567. The number of nitrogens with one attached hydrogen (secondary N) is 1. The van der Waals surface area contributed by atoms with Crippen LogP contribution in [-0.4, -0.2) is 48.2 Å². The van der Waals surface area contributed by atoms with Crippen LogP contribution in [0.5, 0.6) is 0 Å². The first-order valence-corrected chi connectivity index (χ1v) is 7.93. The topological polar surface area (TPSA) is 52.6 Å². The average molecular weight is 280 g/mol. The molecule has 114 valence electrons. The molecule has 4 nitrogen and oxygen atoms in total. The Labute approximate surface area is 122 Å². The van der Waals surface area contributed by atoms with Crippen LogP contribution >= 0.6 is 0 Å². The molecule has 2 N–H and O–H groups in total. The number of carbonyl (C=O) groups is 1. The predicted molar refractivity (Wildman–Crippen MR) is 80.4 cm³/mol. The van der Waals surface area contributed by atoms with Gasteiger partial charge in [0.2, 0.25) is 5.91 Å². The Kier molecular flexibility index (Phi) is 5.22. The molecule has 2 aliphatic heterocycles. The molecule has 1 amide bonds. The highest BCUT2D eigenvalue weighted by Gasteiger charge is 2.49. The molecule has 2 saturated heterocycles. The van der Waals surface area contributed by atoms with E-state index in [2.05, 4.69) is 30.1 Å². The Bertz CT molecular complexity index is 381. The van der Waals surface area contributed by atoms with E-state index in [1.54, 1.807) is 0 Å². The van der Waals surface area contributed by atoms with Crippen molar-refractivity contribution in [1.29, 1.82) is 0 Å². The Morgan fingerprint density at radius 2 is 2.40 bits per heavy atom. The highest BCUT2D eigenvalue weighted by atomic mass is 16.3. The standard InChI is InChI=1S/C16H28N2O2/c1-3-13(2)6-4-10-18-11-7-14(19)16(12-18)8-5-9-17-15(16)20/h6,14,19H,3-5,7-12H2,1-2H3,(H,17,20)/b13-6+/t14-,16-/m1/s1. The molecule has 2 aliphatic rings. The molecule has 0 radical (unpaired) electrons. The lowest BCUT2D eigenvalue weighted by Crippen LogP contribution is -2.61. The monoisotopic (exact) mass is 280 g/mol. The third-order valence-electron chi connectivity index (χ3n) is 4.90. The number of rotatable bonds is 4. The maximum absolute atomic E-state index is 12.2. The number of likely N-dealkylation sites (tertiary alicyclic amines) is 1. The summed E-state index contributed by atoms with van der Waals surface area (Å²) >= 11 is 0. The van der Waals surface area contributed by atoms with Crippen molar-refractivity contribution in [2.75, 3.05) is 26.2 Å². The molecule has 0 aliphatic carbocycles. The molecule has 4 heteroatoms. The molecule has 0 aromatic carbocycles. The van der Waals surface area contributed by atoms with E-state index in [0.29, 0.717) is 13.0 Å². The van der Waals surface area contributed by atoms with Crippen molar-refractivity contribution in [3.63, 3.8) is 0 Å². The quantitative estimate of drug-likeness (QED) is 0.771. The number of amides is 1. The zero-order valence-electron chi connectivity index (χ0n) is 12.8. The number of piperidine rings is 2. The average Bonchev–Trinajstić information content (AvgIpc) is 2.45. The number of hydrogen-bond acceptors (Lipinski definition) is 3. The molecule has 0 bridgehead atoms. The van der Waals surface area contributed by atoms with E-state index in [0.717, 1.165) is 45.3 Å². The van der Waals surface area contributed by atoms with E-state index in [4.69, 9.17) is 0 Å². The molecular formula is C16H28N2O2. The molecule has 1 spiro atoms. The maximum atomic E-state index is 12.2. The van der Waals surface area contributed by atoms with Crippen LogP contribution in [0.2, 0.25) is 0 Å². The van der Waals surface area contributed by atoms with Gasteiger partial charge in [0, 0.05) is 26.2 Å². The van der Waals surface area contributed by atoms with Crippen LogP contribution in [-0.2, 0) is 4.79 Å².